The Kier molecular flexibility index (Phi) is 3.40. The molecule has 0 bridgehead atoms. The molecule has 1 aliphatic heterocycles. The third-order valence-corrected chi connectivity index (χ3v) is 5.47. The monoisotopic (exact) mass is 322 g/mol. The Hall–Kier alpha value is -2.14. The number of rotatable bonds is 2. The van der Waals surface area contributed by atoms with Gasteiger partial charge in [0.15, 0.2) is 0 Å². The van der Waals surface area contributed by atoms with Crippen LogP contribution >= 0.6 is 0 Å². The third-order valence-electron chi connectivity index (χ3n) is 5.47. The molecule has 1 fully saturated rings. The van der Waals surface area contributed by atoms with Crippen LogP contribution in [-0.2, 0) is 4.74 Å². The first-order chi connectivity index (χ1) is 11.9. The highest BCUT2D eigenvalue weighted by atomic mass is 16.5. The lowest BCUT2D eigenvalue weighted by molar-refractivity contribution is 0.161. The molecule has 2 aliphatic rings. The summed E-state index contributed by atoms with van der Waals surface area (Å²) in [5.41, 5.74) is 5.60. The predicted molar refractivity (Wildman–Crippen MR) is 95.0 cm³/mol. The Morgan fingerprint density at radius 2 is 2.08 bits per heavy atom. The summed E-state index contributed by atoms with van der Waals surface area (Å²) < 4.78 is 5.46. The molecule has 1 saturated carbocycles. The molecule has 3 aromatic heterocycles. The molecule has 0 saturated heterocycles. The van der Waals surface area contributed by atoms with Crippen molar-refractivity contribution >= 4 is 27.6 Å². The molecule has 0 aromatic carbocycles. The number of nitrogens with zero attached hydrogens (tertiary/aromatic N) is 2. The van der Waals surface area contributed by atoms with Crippen molar-refractivity contribution in [3.05, 3.63) is 29.9 Å². The average Bonchev–Trinajstić information content (AvgIpc) is 3.27. The summed E-state index contributed by atoms with van der Waals surface area (Å²) in [6, 6.07) is 0. The number of hydrogen-bond donors (Lipinski definition) is 2. The molecular formula is C19H22N4O. The van der Waals surface area contributed by atoms with E-state index in [1.165, 1.54) is 43.2 Å². The number of nitrogens with one attached hydrogen (secondary N) is 2. The van der Waals surface area contributed by atoms with Crippen molar-refractivity contribution in [1.82, 2.24) is 19.9 Å². The van der Waals surface area contributed by atoms with Crippen LogP contribution in [0.4, 0.5) is 0 Å². The zero-order chi connectivity index (χ0) is 15.9. The maximum absolute atomic E-state index is 5.46. The topological polar surface area (TPSA) is 66.6 Å². The van der Waals surface area contributed by atoms with Gasteiger partial charge in [0, 0.05) is 17.7 Å². The molecule has 0 radical (unpaired) electrons. The standard InChI is InChI=1S/C19H22N4O/c1-2-4-13(5-3-1)18-22-15-11-21-19-16(17(15)23-18)14(10-20-19)12-6-8-24-9-7-12/h6,10-11,13H,1-5,7-9H2,(H,20,21)(H,22,23). The zero-order valence-corrected chi connectivity index (χ0v) is 13.8. The largest absolute Gasteiger partial charge is 0.377 e. The van der Waals surface area contributed by atoms with E-state index >= 15 is 0 Å². The number of fused-ring (bicyclic) bond motifs is 3. The lowest BCUT2D eigenvalue weighted by atomic mass is 9.89. The fourth-order valence-electron chi connectivity index (χ4n) is 4.17. The van der Waals surface area contributed by atoms with Gasteiger partial charge in [0.2, 0.25) is 0 Å². The van der Waals surface area contributed by atoms with Crippen LogP contribution in [0.3, 0.4) is 0 Å². The summed E-state index contributed by atoms with van der Waals surface area (Å²) >= 11 is 0. The molecule has 0 atom stereocenters. The number of hydrogen-bond acceptors (Lipinski definition) is 3. The van der Waals surface area contributed by atoms with Crippen molar-refractivity contribution in [1.29, 1.82) is 0 Å². The lowest BCUT2D eigenvalue weighted by Crippen LogP contribution is -2.05. The van der Waals surface area contributed by atoms with E-state index in [0.717, 1.165) is 40.9 Å². The fraction of sp³-hybridized carbons (Fsp3) is 0.474. The second-order valence-electron chi connectivity index (χ2n) is 6.96. The maximum atomic E-state index is 5.46. The molecule has 0 spiro atoms. The summed E-state index contributed by atoms with van der Waals surface area (Å²) in [6.45, 7) is 1.48. The Morgan fingerprint density at radius 1 is 1.17 bits per heavy atom. The van der Waals surface area contributed by atoms with Crippen LogP contribution in [0.15, 0.2) is 18.5 Å². The Labute approximate surface area is 140 Å². The van der Waals surface area contributed by atoms with Crippen molar-refractivity contribution < 1.29 is 4.74 Å². The van der Waals surface area contributed by atoms with Gasteiger partial charge in [-0.05, 0) is 24.8 Å². The Balaban J connectivity index is 1.66. The van der Waals surface area contributed by atoms with E-state index in [9.17, 15) is 0 Å². The van der Waals surface area contributed by atoms with Gasteiger partial charge in [-0.3, -0.25) is 0 Å². The third kappa shape index (κ3) is 2.26. The number of aromatic amines is 2. The predicted octanol–water partition coefficient (Wildman–Crippen LogP) is 4.29. The van der Waals surface area contributed by atoms with E-state index in [1.54, 1.807) is 0 Å². The van der Waals surface area contributed by atoms with Gasteiger partial charge in [0.1, 0.15) is 17.0 Å². The minimum absolute atomic E-state index is 0.575. The van der Waals surface area contributed by atoms with E-state index < -0.39 is 0 Å². The second-order valence-corrected chi connectivity index (χ2v) is 6.96. The average molecular weight is 322 g/mol. The van der Waals surface area contributed by atoms with Crippen LogP contribution in [0, 0.1) is 0 Å². The van der Waals surface area contributed by atoms with Gasteiger partial charge >= 0.3 is 0 Å². The van der Waals surface area contributed by atoms with Gasteiger partial charge in [-0.25, -0.2) is 9.97 Å². The molecule has 2 N–H and O–H groups in total. The van der Waals surface area contributed by atoms with Gasteiger partial charge in [0.25, 0.3) is 0 Å². The maximum Gasteiger partial charge on any atom is 0.140 e. The highest BCUT2D eigenvalue weighted by Gasteiger charge is 2.21. The molecule has 5 nitrogen and oxygen atoms in total. The zero-order valence-electron chi connectivity index (χ0n) is 13.8. The molecule has 5 rings (SSSR count). The van der Waals surface area contributed by atoms with Gasteiger partial charge in [-0.1, -0.05) is 25.3 Å². The first-order valence-electron chi connectivity index (χ1n) is 9.03. The quantitative estimate of drug-likeness (QED) is 0.739. The van der Waals surface area contributed by atoms with E-state index in [2.05, 4.69) is 27.2 Å². The first kappa shape index (κ1) is 14.2. The van der Waals surface area contributed by atoms with Gasteiger partial charge < -0.3 is 14.7 Å². The SMILES string of the molecule is C1=C(c2c[nH]c3ncc4[nH]c(C5CCCCC5)nc4c23)CCOC1. The number of pyridine rings is 1. The Bertz CT molecular complexity index is 914. The van der Waals surface area contributed by atoms with Crippen LogP contribution in [0.25, 0.3) is 27.6 Å². The molecular weight excluding hydrogens is 300 g/mol. The molecule has 0 amide bonds. The summed E-state index contributed by atoms with van der Waals surface area (Å²) in [7, 11) is 0. The molecule has 124 valence electrons. The second kappa shape index (κ2) is 5.74. The summed E-state index contributed by atoms with van der Waals surface area (Å²) in [5, 5.41) is 1.15. The number of ether oxygens (including phenoxy) is 1. The van der Waals surface area contributed by atoms with E-state index in [-0.39, 0.29) is 0 Å². The molecule has 4 heterocycles. The van der Waals surface area contributed by atoms with Crippen LogP contribution < -0.4 is 0 Å². The van der Waals surface area contributed by atoms with Crippen molar-refractivity contribution in [2.45, 2.75) is 44.4 Å². The molecule has 1 aliphatic carbocycles. The molecule has 5 heteroatoms. The van der Waals surface area contributed by atoms with Gasteiger partial charge in [-0.2, -0.15) is 0 Å². The van der Waals surface area contributed by atoms with Crippen LogP contribution in [0.5, 0.6) is 0 Å². The minimum Gasteiger partial charge on any atom is -0.377 e. The van der Waals surface area contributed by atoms with E-state index in [1.807, 2.05) is 6.20 Å². The normalized spacial score (nSPS) is 19.9. The van der Waals surface area contributed by atoms with E-state index in [0.29, 0.717) is 12.5 Å². The Morgan fingerprint density at radius 3 is 2.92 bits per heavy atom. The lowest BCUT2D eigenvalue weighted by Gasteiger charge is -2.18. The smallest absolute Gasteiger partial charge is 0.140 e. The molecule has 24 heavy (non-hydrogen) atoms. The first-order valence-corrected chi connectivity index (χ1v) is 9.03. The van der Waals surface area contributed by atoms with Gasteiger partial charge in [-0.15, -0.1) is 0 Å². The van der Waals surface area contributed by atoms with E-state index in [4.69, 9.17) is 9.72 Å². The van der Waals surface area contributed by atoms with Crippen molar-refractivity contribution in [2.75, 3.05) is 13.2 Å². The summed E-state index contributed by atoms with van der Waals surface area (Å²) in [4.78, 5) is 16.5. The molecule has 3 aromatic rings. The van der Waals surface area contributed by atoms with Crippen LogP contribution in [0.1, 0.15) is 55.8 Å². The number of imidazole rings is 1. The van der Waals surface area contributed by atoms with Gasteiger partial charge in [0.05, 0.1) is 30.3 Å². The van der Waals surface area contributed by atoms with Crippen molar-refractivity contribution in [2.24, 2.45) is 0 Å². The summed E-state index contributed by atoms with van der Waals surface area (Å²) in [5.74, 6) is 1.72. The summed E-state index contributed by atoms with van der Waals surface area (Å²) in [6.07, 6.45) is 13.6. The highest BCUT2D eigenvalue weighted by Crippen LogP contribution is 2.35. The van der Waals surface area contributed by atoms with Crippen LogP contribution in [-0.4, -0.2) is 33.1 Å². The number of H-pyrrole nitrogens is 2. The fourth-order valence-corrected chi connectivity index (χ4v) is 4.17. The minimum atomic E-state index is 0.575. The number of aromatic nitrogens is 4. The van der Waals surface area contributed by atoms with Crippen molar-refractivity contribution in [3.8, 4) is 0 Å². The van der Waals surface area contributed by atoms with Crippen LogP contribution in [0.2, 0.25) is 0 Å². The molecule has 0 unspecified atom stereocenters. The highest BCUT2D eigenvalue weighted by molar-refractivity contribution is 6.07. The van der Waals surface area contributed by atoms with Crippen molar-refractivity contribution in [3.63, 3.8) is 0 Å².